The molecule has 1 aromatic rings. The minimum Gasteiger partial charge on any atom is -0.427 e. The van der Waals surface area contributed by atoms with Gasteiger partial charge in [0.15, 0.2) is 0 Å². The Hall–Kier alpha value is -1.49. The van der Waals surface area contributed by atoms with E-state index in [-0.39, 0.29) is 17.1 Å². The highest BCUT2D eigenvalue weighted by Crippen LogP contribution is 2.40. The smallest absolute Gasteiger partial charge is 0.311 e. The summed E-state index contributed by atoms with van der Waals surface area (Å²) in [6.07, 6.45) is 3.05. The third-order valence-electron chi connectivity index (χ3n) is 2.72. The van der Waals surface area contributed by atoms with E-state index in [0.29, 0.717) is 12.2 Å². The minimum atomic E-state index is -0.240. The van der Waals surface area contributed by atoms with Gasteiger partial charge in [-0.2, -0.15) is 0 Å². The molecule has 0 aliphatic carbocycles. The zero-order valence-corrected chi connectivity index (χ0v) is 11.2. The van der Waals surface area contributed by atoms with Crippen molar-refractivity contribution in [2.75, 3.05) is 11.6 Å². The second kappa shape index (κ2) is 5.44. The van der Waals surface area contributed by atoms with E-state index in [0.717, 1.165) is 17.7 Å². The summed E-state index contributed by atoms with van der Waals surface area (Å²) in [5.74, 6) is 0.243. The maximum absolute atomic E-state index is 11.7. The van der Waals surface area contributed by atoms with Crippen LogP contribution >= 0.6 is 11.8 Å². The van der Waals surface area contributed by atoms with Crippen molar-refractivity contribution < 1.29 is 14.3 Å². The molecule has 1 atom stereocenters. The number of fused-ring (bicyclic) bond motifs is 1. The van der Waals surface area contributed by atoms with Crippen molar-refractivity contribution in [3.63, 3.8) is 0 Å². The number of nitrogens with one attached hydrogen (secondary N) is 1. The van der Waals surface area contributed by atoms with Crippen molar-refractivity contribution in [2.45, 2.75) is 25.0 Å². The van der Waals surface area contributed by atoms with Crippen LogP contribution < -0.4 is 10.1 Å². The highest BCUT2D eigenvalue weighted by atomic mass is 32.2. The van der Waals surface area contributed by atoms with Crippen LogP contribution in [0.5, 0.6) is 5.75 Å². The molecule has 1 aromatic carbocycles. The quantitative estimate of drug-likeness (QED) is 0.672. The number of thioether (sulfide) groups is 1. The first-order chi connectivity index (χ1) is 8.65. The van der Waals surface area contributed by atoms with Crippen molar-refractivity contribution in [3.8, 4) is 5.75 Å². The first kappa shape index (κ1) is 13.0. The number of benzene rings is 1. The average Bonchev–Trinajstić information content (AvgIpc) is 2.64. The zero-order chi connectivity index (χ0) is 13.1. The van der Waals surface area contributed by atoms with Crippen molar-refractivity contribution >= 4 is 29.3 Å². The molecule has 96 valence electrons. The molecule has 1 N–H and O–H groups in total. The summed E-state index contributed by atoms with van der Waals surface area (Å²) < 4.78 is 5.22. The lowest BCUT2D eigenvalue weighted by Crippen LogP contribution is -2.08. The molecule has 18 heavy (non-hydrogen) atoms. The highest BCUT2D eigenvalue weighted by Gasteiger charge is 2.30. The van der Waals surface area contributed by atoms with Crippen molar-refractivity contribution in [1.29, 1.82) is 0 Å². The molecule has 1 amide bonds. The normalized spacial score (nSPS) is 17.2. The first-order valence-corrected chi connectivity index (χ1v) is 7.12. The van der Waals surface area contributed by atoms with Crippen LogP contribution in [0, 0.1) is 0 Å². The average molecular weight is 265 g/mol. The van der Waals surface area contributed by atoms with Crippen LogP contribution in [0.3, 0.4) is 0 Å². The molecule has 0 saturated carbocycles. The van der Waals surface area contributed by atoms with Crippen molar-refractivity contribution in [3.05, 3.63) is 23.8 Å². The molecule has 0 spiro atoms. The highest BCUT2D eigenvalue weighted by molar-refractivity contribution is 7.99. The molecule has 0 radical (unpaired) electrons. The fraction of sp³-hybridized carbons (Fsp3) is 0.385. The van der Waals surface area contributed by atoms with Gasteiger partial charge >= 0.3 is 5.97 Å². The fourth-order valence-electron chi connectivity index (χ4n) is 1.90. The topological polar surface area (TPSA) is 55.4 Å². The lowest BCUT2D eigenvalue weighted by atomic mass is 10.1. The number of anilines is 1. The maximum Gasteiger partial charge on any atom is 0.311 e. The minimum absolute atomic E-state index is 0.0189. The van der Waals surface area contributed by atoms with Gasteiger partial charge in [0.2, 0.25) is 5.91 Å². The summed E-state index contributed by atoms with van der Waals surface area (Å²) in [5, 5.41) is 2.59. The standard InChI is InChI=1S/C13H15NO3S/c1-3-4-11(15)17-8-5-6-10-9(7-8)12(18-2)13(16)14-10/h5-7,12H,3-4H2,1-2H3,(H,14,16). The molecule has 1 aliphatic heterocycles. The molecular formula is C13H15NO3S. The van der Waals surface area contributed by atoms with Crippen molar-refractivity contribution in [2.24, 2.45) is 0 Å². The Morgan fingerprint density at radius 3 is 2.94 bits per heavy atom. The van der Waals surface area contributed by atoms with Crippen LogP contribution in [0.15, 0.2) is 18.2 Å². The largest absolute Gasteiger partial charge is 0.427 e. The zero-order valence-electron chi connectivity index (χ0n) is 10.4. The van der Waals surface area contributed by atoms with Crippen LogP contribution in [0.2, 0.25) is 0 Å². The molecule has 5 heteroatoms. The molecule has 2 rings (SSSR count). The van der Waals surface area contributed by atoms with Gasteiger partial charge in [0.1, 0.15) is 11.0 Å². The van der Waals surface area contributed by atoms with Crippen LogP contribution in [0.4, 0.5) is 5.69 Å². The van der Waals surface area contributed by atoms with E-state index in [1.165, 1.54) is 11.8 Å². The van der Waals surface area contributed by atoms with E-state index in [1.807, 2.05) is 13.2 Å². The van der Waals surface area contributed by atoms with Gasteiger partial charge < -0.3 is 10.1 Å². The molecule has 1 heterocycles. The SMILES string of the molecule is CCCC(=O)Oc1ccc2c(c1)C(SC)C(=O)N2. The van der Waals surface area contributed by atoms with E-state index in [9.17, 15) is 9.59 Å². The summed E-state index contributed by atoms with van der Waals surface area (Å²) in [5.41, 5.74) is 1.68. The Labute approximate surface area is 110 Å². The third kappa shape index (κ3) is 2.51. The molecule has 0 aromatic heterocycles. The van der Waals surface area contributed by atoms with Gasteiger partial charge in [-0.25, -0.2) is 0 Å². The maximum atomic E-state index is 11.7. The third-order valence-corrected chi connectivity index (χ3v) is 3.66. The van der Waals surface area contributed by atoms with Gasteiger partial charge in [-0.15, -0.1) is 11.8 Å². The van der Waals surface area contributed by atoms with Gasteiger partial charge in [-0.3, -0.25) is 9.59 Å². The van der Waals surface area contributed by atoms with E-state index in [1.54, 1.807) is 18.2 Å². The number of hydrogen-bond donors (Lipinski definition) is 1. The fourth-order valence-corrected chi connectivity index (χ4v) is 2.62. The second-order valence-electron chi connectivity index (χ2n) is 4.08. The molecule has 1 aliphatic rings. The molecule has 0 bridgehead atoms. The Balaban J connectivity index is 2.20. The van der Waals surface area contributed by atoms with Crippen LogP contribution in [-0.4, -0.2) is 18.1 Å². The van der Waals surface area contributed by atoms with Gasteiger partial charge in [-0.05, 0) is 30.9 Å². The predicted octanol–water partition coefficient (Wildman–Crippen LogP) is 2.75. The Kier molecular flexibility index (Phi) is 3.91. The Bertz CT molecular complexity index is 487. The summed E-state index contributed by atoms with van der Waals surface area (Å²) in [7, 11) is 0. The van der Waals surface area contributed by atoms with E-state index in [4.69, 9.17) is 4.74 Å². The molecule has 0 fully saturated rings. The summed E-state index contributed by atoms with van der Waals surface area (Å²) >= 11 is 1.47. The molecule has 4 nitrogen and oxygen atoms in total. The number of carbonyl (C=O) groups is 2. The number of amides is 1. The second-order valence-corrected chi connectivity index (χ2v) is 5.02. The van der Waals surface area contributed by atoms with Crippen molar-refractivity contribution in [1.82, 2.24) is 0 Å². The lowest BCUT2D eigenvalue weighted by molar-refractivity contribution is -0.134. The molecule has 1 unspecified atom stereocenters. The van der Waals surface area contributed by atoms with Gasteiger partial charge in [-0.1, -0.05) is 6.92 Å². The number of hydrogen-bond acceptors (Lipinski definition) is 4. The van der Waals surface area contributed by atoms with E-state index < -0.39 is 0 Å². The first-order valence-electron chi connectivity index (χ1n) is 5.84. The Morgan fingerprint density at radius 1 is 1.50 bits per heavy atom. The molecule has 0 saturated heterocycles. The number of esters is 1. The lowest BCUT2D eigenvalue weighted by Gasteiger charge is -2.07. The number of ether oxygens (including phenoxy) is 1. The monoisotopic (exact) mass is 265 g/mol. The van der Waals surface area contributed by atoms with Crippen LogP contribution in [-0.2, 0) is 9.59 Å². The van der Waals surface area contributed by atoms with E-state index >= 15 is 0 Å². The predicted molar refractivity (Wildman–Crippen MR) is 71.9 cm³/mol. The van der Waals surface area contributed by atoms with Gasteiger partial charge in [0, 0.05) is 17.7 Å². The van der Waals surface area contributed by atoms with Gasteiger partial charge in [0.25, 0.3) is 0 Å². The summed E-state index contributed by atoms with van der Waals surface area (Å²) in [4.78, 5) is 23.1. The van der Waals surface area contributed by atoms with Crippen LogP contribution in [0.25, 0.3) is 0 Å². The Morgan fingerprint density at radius 2 is 2.28 bits per heavy atom. The summed E-state index contributed by atoms with van der Waals surface area (Å²) in [6, 6.07) is 5.25. The number of carbonyl (C=O) groups excluding carboxylic acids is 2. The summed E-state index contributed by atoms with van der Waals surface area (Å²) in [6.45, 7) is 1.93. The van der Waals surface area contributed by atoms with Gasteiger partial charge in [0.05, 0.1) is 0 Å². The molecular weight excluding hydrogens is 250 g/mol. The van der Waals surface area contributed by atoms with E-state index in [2.05, 4.69) is 5.32 Å². The number of rotatable bonds is 4. The van der Waals surface area contributed by atoms with Crippen LogP contribution in [0.1, 0.15) is 30.6 Å².